The van der Waals surface area contributed by atoms with Crippen molar-refractivity contribution in [3.05, 3.63) is 58.5 Å². The lowest BCUT2D eigenvalue weighted by molar-refractivity contribution is 0.0600. The van der Waals surface area contributed by atoms with Crippen LogP contribution in [-0.2, 0) is 11.8 Å². The van der Waals surface area contributed by atoms with Crippen LogP contribution in [0.15, 0.2) is 47.4 Å². The molecule has 3 aromatic heterocycles. The number of hydrogen-bond donors (Lipinski definition) is 0. The van der Waals surface area contributed by atoms with Crippen LogP contribution < -0.4 is 5.56 Å². The van der Waals surface area contributed by atoms with E-state index in [1.165, 1.54) is 17.7 Å². The molecule has 0 aliphatic heterocycles. The number of aromatic nitrogens is 3. The molecule has 0 amide bonds. The summed E-state index contributed by atoms with van der Waals surface area (Å²) in [7, 11) is 3.14. The molecule has 0 atom stereocenters. The predicted octanol–water partition coefficient (Wildman–Crippen LogP) is 2.13. The van der Waals surface area contributed by atoms with Crippen molar-refractivity contribution in [1.82, 2.24) is 14.0 Å². The van der Waals surface area contributed by atoms with Crippen LogP contribution in [0, 0.1) is 0 Å². The standard InChI is InChI=1S/C17H13N3O3/c1-19-12-6-4-3-5-11(12)14-15(19)16(21)20-9-10(17(22)23-2)7-8-13(20)18-14/h3-9H,1-2H3. The molecule has 0 aliphatic rings. The maximum absolute atomic E-state index is 12.9. The lowest BCUT2D eigenvalue weighted by Crippen LogP contribution is -2.18. The van der Waals surface area contributed by atoms with Gasteiger partial charge in [-0.15, -0.1) is 0 Å². The molecule has 1 aromatic carbocycles. The molecule has 0 bridgehead atoms. The summed E-state index contributed by atoms with van der Waals surface area (Å²) in [6.07, 6.45) is 1.47. The highest BCUT2D eigenvalue weighted by Crippen LogP contribution is 2.24. The van der Waals surface area contributed by atoms with Crippen molar-refractivity contribution < 1.29 is 9.53 Å². The minimum Gasteiger partial charge on any atom is -0.465 e. The second-order valence-electron chi connectivity index (χ2n) is 5.33. The number of carbonyl (C=O) groups excluding carboxylic acids is 1. The van der Waals surface area contributed by atoms with E-state index < -0.39 is 5.97 Å². The third-order valence-electron chi connectivity index (χ3n) is 4.08. The van der Waals surface area contributed by atoms with Crippen molar-refractivity contribution in [1.29, 1.82) is 0 Å². The number of esters is 1. The van der Waals surface area contributed by atoms with Gasteiger partial charge in [0.05, 0.1) is 18.2 Å². The number of carbonyl (C=O) groups is 1. The molecular formula is C17H13N3O3. The molecule has 0 saturated carbocycles. The zero-order valence-electron chi connectivity index (χ0n) is 12.6. The van der Waals surface area contributed by atoms with Crippen LogP contribution in [0.1, 0.15) is 10.4 Å². The number of para-hydroxylation sites is 1. The van der Waals surface area contributed by atoms with Gasteiger partial charge >= 0.3 is 5.97 Å². The Balaban J connectivity index is 2.19. The third kappa shape index (κ3) is 1.78. The molecule has 0 saturated heterocycles. The molecule has 0 aliphatic carbocycles. The van der Waals surface area contributed by atoms with Crippen LogP contribution in [0.3, 0.4) is 0 Å². The zero-order chi connectivity index (χ0) is 16.1. The fourth-order valence-electron chi connectivity index (χ4n) is 2.95. The first kappa shape index (κ1) is 13.5. The van der Waals surface area contributed by atoms with Crippen LogP contribution >= 0.6 is 0 Å². The van der Waals surface area contributed by atoms with Crippen LogP contribution in [0.2, 0.25) is 0 Å². The highest BCUT2D eigenvalue weighted by atomic mass is 16.5. The van der Waals surface area contributed by atoms with Crippen molar-refractivity contribution in [3.63, 3.8) is 0 Å². The Bertz CT molecular complexity index is 1150. The van der Waals surface area contributed by atoms with Crippen LogP contribution in [-0.4, -0.2) is 27.0 Å². The van der Waals surface area contributed by atoms with Gasteiger partial charge in [0, 0.05) is 18.6 Å². The van der Waals surface area contributed by atoms with E-state index in [1.54, 1.807) is 12.1 Å². The number of hydrogen-bond acceptors (Lipinski definition) is 4. The molecule has 6 heteroatoms. The summed E-state index contributed by atoms with van der Waals surface area (Å²) in [6, 6.07) is 11.0. The van der Waals surface area contributed by atoms with Crippen LogP contribution in [0.5, 0.6) is 0 Å². The molecule has 4 aromatic rings. The predicted molar refractivity (Wildman–Crippen MR) is 86.8 cm³/mol. The maximum Gasteiger partial charge on any atom is 0.339 e. The van der Waals surface area contributed by atoms with E-state index in [9.17, 15) is 9.59 Å². The van der Waals surface area contributed by atoms with Gasteiger partial charge in [-0.3, -0.25) is 9.20 Å². The molecule has 4 rings (SSSR count). The summed E-state index contributed by atoms with van der Waals surface area (Å²) in [5.74, 6) is -0.490. The highest BCUT2D eigenvalue weighted by molar-refractivity contribution is 6.05. The molecule has 3 heterocycles. The maximum atomic E-state index is 12.9. The second-order valence-corrected chi connectivity index (χ2v) is 5.33. The van der Waals surface area contributed by atoms with Crippen molar-refractivity contribution in [3.8, 4) is 0 Å². The van der Waals surface area contributed by atoms with Gasteiger partial charge in [0.2, 0.25) is 0 Å². The van der Waals surface area contributed by atoms with Gasteiger partial charge in [0.25, 0.3) is 5.56 Å². The van der Waals surface area contributed by atoms with Crippen molar-refractivity contribution in [2.45, 2.75) is 0 Å². The van der Waals surface area contributed by atoms with E-state index in [-0.39, 0.29) is 5.56 Å². The van der Waals surface area contributed by atoms with E-state index in [0.717, 1.165) is 10.9 Å². The van der Waals surface area contributed by atoms with Crippen molar-refractivity contribution >= 4 is 33.6 Å². The fraction of sp³-hybridized carbons (Fsp3) is 0.118. The Labute approximate surface area is 130 Å². The Kier molecular flexibility index (Phi) is 2.74. The first-order valence-corrected chi connectivity index (χ1v) is 7.09. The molecule has 0 fully saturated rings. The first-order valence-electron chi connectivity index (χ1n) is 7.09. The van der Waals surface area contributed by atoms with Crippen molar-refractivity contribution in [2.75, 3.05) is 7.11 Å². The van der Waals surface area contributed by atoms with Gasteiger partial charge in [-0.25, -0.2) is 9.78 Å². The molecule has 0 unspecified atom stereocenters. The minimum absolute atomic E-state index is 0.213. The summed E-state index contributed by atoms with van der Waals surface area (Å²) in [4.78, 5) is 29.2. The molecule has 0 spiro atoms. The summed E-state index contributed by atoms with van der Waals surface area (Å²) in [5, 5.41) is 0.932. The number of nitrogens with zero attached hydrogens (tertiary/aromatic N) is 3. The molecule has 23 heavy (non-hydrogen) atoms. The van der Waals surface area contributed by atoms with E-state index >= 15 is 0 Å². The lowest BCUT2D eigenvalue weighted by Gasteiger charge is -2.04. The average molecular weight is 307 g/mol. The van der Waals surface area contributed by atoms with E-state index in [0.29, 0.717) is 22.2 Å². The monoisotopic (exact) mass is 307 g/mol. The minimum atomic E-state index is -0.490. The molecule has 114 valence electrons. The van der Waals surface area contributed by atoms with E-state index in [1.807, 2.05) is 35.9 Å². The van der Waals surface area contributed by atoms with Crippen molar-refractivity contribution in [2.24, 2.45) is 7.05 Å². The summed E-state index contributed by atoms with van der Waals surface area (Å²) in [5.41, 5.74) is 2.70. The topological polar surface area (TPSA) is 65.6 Å². The quantitative estimate of drug-likeness (QED) is 0.505. The zero-order valence-corrected chi connectivity index (χ0v) is 12.6. The third-order valence-corrected chi connectivity index (χ3v) is 4.08. The average Bonchev–Trinajstić information content (AvgIpc) is 2.87. The van der Waals surface area contributed by atoms with E-state index in [2.05, 4.69) is 4.98 Å². The Hall–Kier alpha value is -3.15. The SMILES string of the molecule is COC(=O)c1ccc2nc3c4ccccc4n(C)c3c(=O)n2c1. The summed E-state index contributed by atoms with van der Waals surface area (Å²) >= 11 is 0. The van der Waals surface area contributed by atoms with E-state index in [4.69, 9.17) is 4.74 Å². The van der Waals surface area contributed by atoms with Gasteiger partial charge in [-0.2, -0.15) is 0 Å². The normalized spacial score (nSPS) is 11.4. The Morgan fingerprint density at radius 3 is 2.74 bits per heavy atom. The number of benzene rings is 1. The van der Waals surface area contributed by atoms with Gasteiger partial charge < -0.3 is 9.30 Å². The van der Waals surface area contributed by atoms with Gasteiger partial charge in [0.1, 0.15) is 16.7 Å². The first-order chi connectivity index (χ1) is 11.1. The smallest absolute Gasteiger partial charge is 0.339 e. The Morgan fingerprint density at radius 2 is 1.96 bits per heavy atom. The van der Waals surface area contributed by atoms with Gasteiger partial charge in [-0.1, -0.05) is 18.2 Å². The Morgan fingerprint density at radius 1 is 1.17 bits per heavy atom. The number of methoxy groups -OCH3 is 1. The lowest BCUT2D eigenvalue weighted by atomic mass is 10.2. The van der Waals surface area contributed by atoms with Gasteiger partial charge in [0.15, 0.2) is 0 Å². The number of pyridine rings is 1. The fourth-order valence-corrected chi connectivity index (χ4v) is 2.95. The summed E-state index contributed by atoms with van der Waals surface area (Å²) in [6.45, 7) is 0. The molecule has 0 radical (unpaired) electrons. The van der Waals surface area contributed by atoms with Crippen LogP contribution in [0.25, 0.3) is 27.6 Å². The molecule has 0 N–H and O–H groups in total. The largest absolute Gasteiger partial charge is 0.465 e. The van der Waals surface area contributed by atoms with Gasteiger partial charge in [-0.05, 0) is 18.2 Å². The number of aryl methyl sites for hydroxylation is 1. The number of rotatable bonds is 1. The number of ether oxygens (including phenoxy) is 1. The molecule has 6 nitrogen and oxygen atoms in total. The molecular weight excluding hydrogens is 294 g/mol. The number of fused-ring (bicyclic) bond motifs is 4. The van der Waals surface area contributed by atoms with Crippen LogP contribution in [0.4, 0.5) is 0 Å². The second kappa shape index (κ2) is 4.67. The highest BCUT2D eigenvalue weighted by Gasteiger charge is 2.15. The summed E-state index contributed by atoms with van der Waals surface area (Å²) < 4.78 is 7.92.